The average Bonchev–Trinajstić information content (AvgIpc) is 2.47. The highest BCUT2D eigenvalue weighted by molar-refractivity contribution is 7.98. The molecule has 0 radical (unpaired) electrons. The van der Waals surface area contributed by atoms with Gasteiger partial charge in [0.25, 0.3) is 0 Å². The molecule has 0 heterocycles. The highest BCUT2D eigenvalue weighted by Gasteiger charge is 2.53. The summed E-state index contributed by atoms with van der Waals surface area (Å²) in [5, 5.41) is 0. The Balaban J connectivity index is 1.35. The fraction of sp³-hybridized carbons (Fsp3) is 0.684. The summed E-state index contributed by atoms with van der Waals surface area (Å²) in [6.45, 7) is 0. The van der Waals surface area contributed by atoms with E-state index in [0.717, 1.165) is 29.3 Å². The summed E-state index contributed by atoms with van der Waals surface area (Å²) >= 11 is 2.04. The zero-order valence-electron chi connectivity index (χ0n) is 12.8. The molecular weight excluding hydrogens is 274 g/mol. The Labute approximate surface area is 133 Å². The van der Waals surface area contributed by atoms with E-state index in [1.807, 2.05) is 11.8 Å². The zero-order chi connectivity index (χ0) is 14.3. The van der Waals surface area contributed by atoms with Crippen LogP contribution in [0.4, 0.5) is 0 Å². The fourth-order valence-corrected chi connectivity index (χ4v) is 6.84. The molecule has 4 bridgehead atoms. The molecular formula is C19H27NS. The Morgan fingerprint density at radius 1 is 1.00 bits per heavy atom. The molecule has 0 spiro atoms. The van der Waals surface area contributed by atoms with Crippen molar-refractivity contribution in [2.24, 2.45) is 28.9 Å². The van der Waals surface area contributed by atoms with Crippen molar-refractivity contribution in [1.29, 1.82) is 0 Å². The van der Waals surface area contributed by atoms with Crippen LogP contribution in [0.3, 0.4) is 0 Å². The van der Waals surface area contributed by atoms with Crippen LogP contribution in [0.1, 0.15) is 44.1 Å². The minimum Gasteiger partial charge on any atom is -0.326 e. The van der Waals surface area contributed by atoms with Crippen molar-refractivity contribution in [3.05, 3.63) is 35.9 Å². The van der Waals surface area contributed by atoms with E-state index in [4.69, 9.17) is 5.73 Å². The molecule has 4 saturated carbocycles. The third kappa shape index (κ3) is 2.77. The number of nitrogens with two attached hydrogens (primary N) is 1. The summed E-state index contributed by atoms with van der Waals surface area (Å²) in [6.07, 6.45) is 8.86. The highest BCUT2D eigenvalue weighted by atomic mass is 32.2. The smallest absolute Gasteiger partial charge is 0.0187 e. The monoisotopic (exact) mass is 301 g/mol. The predicted molar refractivity (Wildman–Crippen MR) is 91.2 cm³/mol. The van der Waals surface area contributed by atoms with Gasteiger partial charge in [0.1, 0.15) is 0 Å². The first-order valence-corrected chi connectivity index (χ1v) is 9.76. The largest absolute Gasteiger partial charge is 0.326 e. The second-order valence-electron chi connectivity index (χ2n) is 7.89. The van der Waals surface area contributed by atoms with Gasteiger partial charge in [0, 0.05) is 17.5 Å². The molecule has 1 atom stereocenters. The van der Waals surface area contributed by atoms with Gasteiger partial charge in [-0.05, 0) is 67.3 Å². The lowest BCUT2D eigenvalue weighted by atomic mass is 9.48. The van der Waals surface area contributed by atoms with Gasteiger partial charge in [-0.1, -0.05) is 30.3 Å². The third-order valence-corrected chi connectivity index (χ3v) is 7.41. The molecule has 1 unspecified atom stereocenters. The SMILES string of the molecule is NC(CSCc1ccccc1)C12CC3CC(CC(C3)C1)C2. The second-order valence-corrected chi connectivity index (χ2v) is 8.92. The fourth-order valence-electron chi connectivity index (χ4n) is 5.69. The Morgan fingerprint density at radius 3 is 2.14 bits per heavy atom. The van der Waals surface area contributed by atoms with E-state index >= 15 is 0 Å². The molecule has 1 aromatic rings. The van der Waals surface area contributed by atoms with Crippen molar-refractivity contribution in [2.45, 2.75) is 50.3 Å². The maximum Gasteiger partial charge on any atom is 0.0187 e. The van der Waals surface area contributed by atoms with Crippen LogP contribution in [-0.4, -0.2) is 11.8 Å². The molecule has 5 rings (SSSR count). The van der Waals surface area contributed by atoms with Gasteiger partial charge in [-0.2, -0.15) is 11.8 Å². The Bertz CT molecular complexity index is 448. The number of thioether (sulfide) groups is 1. The van der Waals surface area contributed by atoms with Gasteiger partial charge in [0.15, 0.2) is 0 Å². The highest BCUT2D eigenvalue weighted by Crippen LogP contribution is 2.61. The molecule has 4 aliphatic rings. The van der Waals surface area contributed by atoms with Crippen molar-refractivity contribution >= 4 is 11.8 Å². The summed E-state index contributed by atoms with van der Waals surface area (Å²) in [5.74, 6) is 5.30. The van der Waals surface area contributed by atoms with Crippen molar-refractivity contribution < 1.29 is 0 Å². The van der Waals surface area contributed by atoms with E-state index in [0.29, 0.717) is 11.5 Å². The molecule has 21 heavy (non-hydrogen) atoms. The van der Waals surface area contributed by atoms with Crippen molar-refractivity contribution in [3.8, 4) is 0 Å². The lowest BCUT2D eigenvalue weighted by molar-refractivity contribution is -0.0629. The van der Waals surface area contributed by atoms with E-state index in [1.165, 1.54) is 44.1 Å². The third-order valence-electron chi connectivity index (χ3n) is 6.28. The van der Waals surface area contributed by atoms with E-state index in [2.05, 4.69) is 30.3 Å². The first-order chi connectivity index (χ1) is 10.2. The maximum atomic E-state index is 6.72. The number of hydrogen-bond donors (Lipinski definition) is 1. The van der Waals surface area contributed by atoms with Gasteiger partial charge in [-0.3, -0.25) is 0 Å². The van der Waals surface area contributed by atoms with Crippen LogP contribution >= 0.6 is 11.8 Å². The Morgan fingerprint density at radius 2 is 1.57 bits per heavy atom. The van der Waals surface area contributed by atoms with Gasteiger partial charge in [0.05, 0.1) is 0 Å². The molecule has 2 heteroatoms. The predicted octanol–water partition coefficient (Wildman–Crippen LogP) is 4.46. The van der Waals surface area contributed by atoms with Gasteiger partial charge in [-0.15, -0.1) is 0 Å². The van der Waals surface area contributed by atoms with Gasteiger partial charge in [-0.25, -0.2) is 0 Å². The summed E-state index contributed by atoms with van der Waals surface area (Å²) in [5.41, 5.74) is 8.66. The molecule has 1 aromatic carbocycles. The molecule has 0 amide bonds. The first kappa shape index (κ1) is 14.1. The summed E-state index contributed by atoms with van der Waals surface area (Å²) in [4.78, 5) is 0. The van der Waals surface area contributed by atoms with Crippen molar-refractivity contribution in [3.63, 3.8) is 0 Å². The summed E-state index contributed by atoms with van der Waals surface area (Å²) in [7, 11) is 0. The lowest BCUT2D eigenvalue weighted by Crippen LogP contribution is -2.55. The topological polar surface area (TPSA) is 26.0 Å². The first-order valence-electron chi connectivity index (χ1n) is 8.61. The van der Waals surface area contributed by atoms with Crippen LogP contribution in [0, 0.1) is 23.2 Å². The molecule has 0 saturated heterocycles. The number of hydrogen-bond acceptors (Lipinski definition) is 2. The normalized spacial score (nSPS) is 38.6. The Kier molecular flexibility index (Phi) is 3.79. The van der Waals surface area contributed by atoms with Gasteiger partial charge in [0.2, 0.25) is 0 Å². The molecule has 0 aromatic heterocycles. The van der Waals surface area contributed by atoms with E-state index in [-0.39, 0.29) is 0 Å². The zero-order valence-corrected chi connectivity index (χ0v) is 13.7. The second kappa shape index (κ2) is 5.62. The van der Waals surface area contributed by atoms with Crippen LogP contribution in [-0.2, 0) is 5.75 Å². The van der Waals surface area contributed by atoms with Crippen molar-refractivity contribution in [1.82, 2.24) is 0 Å². The lowest BCUT2D eigenvalue weighted by Gasteiger charge is -2.59. The van der Waals surface area contributed by atoms with E-state index in [9.17, 15) is 0 Å². The minimum absolute atomic E-state index is 0.416. The van der Waals surface area contributed by atoms with Crippen LogP contribution in [0.2, 0.25) is 0 Å². The Hall–Kier alpha value is -0.470. The van der Waals surface area contributed by atoms with E-state index < -0.39 is 0 Å². The maximum absolute atomic E-state index is 6.72. The number of benzene rings is 1. The molecule has 2 N–H and O–H groups in total. The van der Waals surface area contributed by atoms with Crippen LogP contribution in [0.15, 0.2) is 30.3 Å². The molecule has 114 valence electrons. The van der Waals surface area contributed by atoms with Crippen molar-refractivity contribution in [2.75, 3.05) is 5.75 Å². The summed E-state index contributed by atoms with van der Waals surface area (Å²) in [6, 6.07) is 11.2. The molecule has 1 nitrogen and oxygen atoms in total. The van der Waals surface area contributed by atoms with Crippen LogP contribution < -0.4 is 5.73 Å². The molecule has 4 fully saturated rings. The molecule has 0 aliphatic heterocycles. The number of rotatable bonds is 5. The standard InChI is InChI=1S/C19H27NS/c20-18(13-21-12-14-4-2-1-3-5-14)19-9-15-6-16(10-19)8-17(7-15)11-19/h1-5,15-18H,6-13,20H2. The van der Waals surface area contributed by atoms with Crippen LogP contribution in [0.5, 0.6) is 0 Å². The van der Waals surface area contributed by atoms with Crippen LogP contribution in [0.25, 0.3) is 0 Å². The quantitative estimate of drug-likeness (QED) is 0.868. The van der Waals surface area contributed by atoms with Gasteiger partial charge >= 0.3 is 0 Å². The molecule has 4 aliphatic carbocycles. The van der Waals surface area contributed by atoms with Gasteiger partial charge < -0.3 is 5.73 Å². The van der Waals surface area contributed by atoms with E-state index in [1.54, 1.807) is 0 Å². The minimum atomic E-state index is 0.416. The summed E-state index contributed by atoms with van der Waals surface area (Å²) < 4.78 is 0. The average molecular weight is 301 g/mol.